The van der Waals surface area contributed by atoms with Crippen LogP contribution in [0.1, 0.15) is 58.7 Å². The number of carbonyl (C=O) groups is 1. The summed E-state index contributed by atoms with van der Waals surface area (Å²) in [6.45, 7) is 12.4. The Labute approximate surface area is 231 Å². The van der Waals surface area contributed by atoms with Gasteiger partial charge < -0.3 is 18.9 Å². The maximum absolute atomic E-state index is 14.0. The number of thiazole rings is 1. The highest BCUT2D eigenvalue weighted by Crippen LogP contribution is 2.36. The van der Waals surface area contributed by atoms with Crippen molar-refractivity contribution >= 4 is 23.4 Å². The first-order valence-electron chi connectivity index (χ1n) is 13.1. The van der Waals surface area contributed by atoms with Crippen molar-refractivity contribution in [1.82, 2.24) is 4.57 Å². The Balaban J connectivity index is 1.93. The number of allylic oxidation sites excluding steroid dienone is 1. The van der Waals surface area contributed by atoms with Gasteiger partial charge in [0.1, 0.15) is 11.8 Å². The van der Waals surface area contributed by atoms with Gasteiger partial charge in [-0.15, -0.1) is 0 Å². The van der Waals surface area contributed by atoms with Crippen LogP contribution in [0.2, 0.25) is 0 Å². The molecule has 0 bridgehead atoms. The van der Waals surface area contributed by atoms with Crippen LogP contribution in [-0.4, -0.2) is 36.5 Å². The Morgan fingerprint density at radius 2 is 1.74 bits per heavy atom. The first-order chi connectivity index (χ1) is 18.8. The third-order valence-corrected chi connectivity index (χ3v) is 6.94. The zero-order chi connectivity index (χ0) is 28.1. The smallest absolute Gasteiger partial charge is 0.338 e. The molecule has 1 aliphatic heterocycles. The number of hydrogen-bond donors (Lipinski definition) is 0. The van der Waals surface area contributed by atoms with Gasteiger partial charge in [0, 0.05) is 5.56 Å². The Morgan fingerprint density at radius 1 is 1.03 bits per heavy atom. The normalized spacial score (nSPS) is 15.2. The molecular formula is C30H34N2O6S. The van der Waals surface area contributed by atoms with Gasteiger partial charge in [0.05, 0.1) is 41.7 Å². The van der Waals surface area contributed by atoms with Gasteiger partial charge in [0.15, 0.2) is 16.3 Å². The van der Waals surface area contributed by atoms with E-state index in [2.05, 4.69) is 4.99 Å². The number of ether oxygens (including phenoxy) is 4. The van der Waals surface area contributed by atoms with Crippen molar-refractivity contribution in [2.24, 2.45) is 4.99 Å². The van der Waals surface area contributed by atoms with Crippen LogP contribution in [0.3, 0.4) is 0 Å². The zero-order valence-corrected chi connectivity index (χ0v) is 24.0. The predicted octanol–water partition coefficient (Wildman–Crippen LogP) is 4.38. The van der Waals surface area contributed by atoms with E-state index in [1.807, 2.05) is 70.2 Å². The molecule has 39 heavy (non-hydrogen) atoms. The SMILES string of the molecule is CCOC(=O)C1=C(C)N=c2s/c(=C/c3ccc(OCC)c(OCC)c3)c(=O)n2[C@@H]1c1ccccc1OC(C)C. The molecule has 0 unspecified atom stereocenters. The third-order valence-electron chi connectivity index (χ3n) is 5.96. The van der Waals surface area contributed by atoms with Crippen LogP contribution in [0.5, 0.6) is 17.2 Å². The first-order valence-corrected chi connectivity index (χ1v) is 13.9. The summed E-state index contributed by atoms with van der Waals surface area (Å²) in [5.41, 5.74) is 2.04. The van der Waals surface area contributed by atoms with E-state index >= 15 is 0 Å². The monoisotopic (exact) mass is 550 g/mol. The Morgan fingerprint density at radius 3 is 2.44 bits per heavy atom. The average Bonchev–Trinajstić information content (AvgIpc) is 3.19. The van der Waals surface area contributed by atoms with E-state index in [4.69, 9.17) is 18.9 Å². The number of aromatic nitrogens is 1. The third kappa shape index (κ3) is 5.93. The highest BCUT2D eigenvalue weighted by atomic mass is 32.1. The predicted molar refractivity (Wildman–Crippen MR) is 151 cm³/mol. The van der Waals surface area contributed by atoms with Crippen LogP contribution < -0.4 is 29.1 Å². The molecule has 1 aliphatic rings. The number of nitrogens with zero attached hydrogens (tertiary/aromatic N) is 2. The number of carbonyl (C=O) groups excluding carboxylic acids is 1. The van der Waals surface area contributed by atoms with Crippen LogP contribution in [0.4, 0.5) is 0 Å². The van der Waals surface area contributed by atoms with Crippen LogP contribution in [0.25, 0.3) is 6.08 Å². The summed E-state index contributed by atoms with van der Waals surface area (Å²) >= 11 is 1.27. The second-order valence-corrected chi connectivity index (χ2v) is 10.1. The van der Waals surface area contributed by atoms with E-state index in [-0.39, 0.29) is 18.3 Å². The molecule has 0 saturated heterocycles. The summed E-state index contributed by atoms with van der Waals surface area (Å²) in [6, 6.07) is 12.3. The fourth-order valence-corrected chi connectivity index (χ4v) is 5.51. The number of fused-ring (bicyclic) bond motifs is 1. The Hall–Kier alpha value is -3.85. The van der Waals surface area contributed by atoms with Crippen molar-refractivity contribution in [2.75, 3.05) is 19.8 Å². The molecular weight excluding hydrogens is 516 g/mol. The van der Waals surface area contributed by atoms with Crippen LogP contribution in [0, 0.1) is 0 Å². The average molecular weight is 551 g/mol. The number of esters is 1. The topological polar surface area (TPSA) is 88.4 Å². The van der Waals surface area contributed by atoms with Crippen LogP contribution >= 0.6 is 11.3 Å². The zero-order valence-electron chi connectivity index (χ0n) is 23.1. The quantitative estimate of drug-likeness (QED) is 0.348. The van der Waals surface area contributed by atoms with Crippen molar-refractivity contribution in [3.8, 4) is 17.2 Å². The summed E-state index contributed by atoms with van der Waals surface area (Å²) in [7, 11) is 0. The highest BCUT2D eigenvalue weighted by molar-refractivity contribution is 7.07. The molecule has 4 rings (SSSR count). The lowest BCUT2D eigenvalue weighted by molar-refractivity contribution is -0.139. The molecule has 2 aromatic carbocycles. The van der Waals surface area contributed by atoms with E-state index in [0.717, 1.165) is 5.56 Å². The van der Waals surface area contributed by atoms with Gasteiger partial charge in [-0.3, -0.25) is 9.36 Å². The van der Waals surface area contributed by atoms with Gasteiger partial charge in [-0.2, -0.15) is 0 Å². The van der Waals surface area contributed by atoms with Gasteiger partial charge in [-0.25, -0.2) is 9.79 Å². The Kier molecular flexibility index (Phi) is 8.91. The largest absolute Gasteiger partial charge is 0.491 e. The molecule has 0 amide bonds. The second-order valence-electron chi connectivity index (χ2n) is 9.08. The van der Waals surface area contributed by atoms with E-state index in [1.165, 1.54) is 11.3 Å². The van der Waals surface area contributed by atoms with Crippen molar-refractivity contribution in [1.29, 1.82) is 0 Å². The number of hydrogen-bond acceptors (Lipinski definition) is 8. The molecule has 0 N–H and O–H groups in total. The van der Waals surface area contributed by atoms with Gasteiger partial charge in [-0.1, -0.05) is 35.6 Å². The number of rotatable bonds is 10. The fraction of sp³-hybridized carbons (Fsp3) is 0.367. The summed E-state index contributed by atoms with van der Waals surface area (Å²) in [4.78, 5) is 32.3. The van der Waals surface area contributed by atoms with E-state index in [9.17, 15) is 9.59 Å². The maximum atomic E-state index is 14.0. The minimum Gasteiger partial charge on any atom is -0.491 e. The molecule has 0 aliphatic carbocycles. The van der Waals surface area contributed by atoms with E-state index in [1.54, 1.807) is 24.5 Å². The van der Waals surface area contributed by atoms with Crippen molar-refractivity contribution in [3.05, 3.63) is 84.5 Å². The van der Waals surface area contributed by atoms with Crippen molar-refractivity contribution in [3.63, 3.8) is 0 Å². The molecule has 1 atom stereocenters. The highest BCUT2D eigenvalue weighted by Gasteiger charge is 2.35. The summed E-state index contributed by atoms with van der Waals surface area (Å²) in [5.74, 6) is 1.34. The molecule has 8 nitrogen and oxygen atoms in total. The van der Waals surface area contributed by atoms with E-state index in [0.29, 0.717) is 56.6 Å². The standard InChI is InChI=1S/C30H34N2O6S/c1-7-35-23-15-14-20(16-24(23)36-8-2)17-25-28(33)32-27(21-12-10-11-13-22(21)38-18(4)5)26(29(34)37-9-3)19(6)31-30(32)39-25/h10-18,27H,7-9H2,1-6H3/b25-17+/t27-/m1/s1. The lowest BCUT2D eigenvalue weighted by atomic mass is 9.95. The van der Waals surface area contributed by atoms with Gasteiger partial charge in [-0.05, 0) is 71.4 Å². The van der Waals surface area contributed by atoms with E-state index < -0.39 is 12.0 Å². The number of benzene rings is 2. The van der Waals surface area contributed by atoms with Gasteiger partial charge in [0.25, 0.3) is 5.56 Å². The van der Waals surface area contributed by atoms with Crippen molar-refractivity contribution in [2.45, 2.75) is 53.7 Å². The molecule has 2 heterocycles. The molecule has 9 heteroatoms. The molecule has 206 valence electrons. The molecule has 1 aromatic heterocycles. The lowest BCUT2D eigenvalue weighted by Gasteiger charge is -2.26. The number of para-hydroxylation sites is 1. The summed E-state index contributed by atoms with van der Waals surface area (Å²) in [6.07, 6.45) is 1.70. The van der Waals surface area contributed by atoms with Crippen LogP contribution in [-0.2, 0) is 9.53 Å². The second kappa shape index (κ2) is 12.3. The summed E-state index contributed by atoms with van der Waals surface area (Å²) < 4.78 is 25.0. The molecule has 3 aromatic rings. The van der Waals surface area contributed by atoms with Crippen molar-refractivity contribution < 1.29 is 23.7 Å². The minimum absolute atomic E-state index is 0.0997. The maximum Gasteiger partial charge on any atom is 0.338 e. The molecule has 0 radical (unpaired) electrons. The first kappa shape index (κ1) is 28.2. The van der Waals surface area contributed by atoms with Gasteiger partial charge in [0.2, 0.25) is 0 Å². The minimum atomic E-state index is -0.753. The molecule has 0 saturated carbocycles. The molecule has 0 fully saturated rings. The van der Waals surface area contributed by atoms with Gasteiger partial charge >= 0.3 is 5.97 Å². The fourth-order valence-electron chi connectivity index (χ4n) is 4.46. The van der Waals surface area contributed by atoms with Crippen LogP contribution in [0.15, 0.2) is 63.5 Å². The lowest BCUT2D eigenvalue weighted by Crippen LogP contribution is -2.40. The Bertz CT molecular complexity index is 1570. The summed E-state index contributed by atoms with van der Waals surface area (Å²) in [5, 5.41) is 0. The molecule has 0 spiro atoms.